The van der Waals surface area contributed by atoms with E-state index in [4.69, 9.17) is 23.2 Å². The van der Waals surface area contributed by atoms with E-state index in [0.717, 1.165) is 12.8 Å². The Balaban J connectivity index is 2.06. The summed E-state index contributed by atoms with van der Waals surface area (Å²) in [6.07, 6.45) is -3.43. The van der Waals surface area contributed by atoms with Crippen molar-refractivity contribution in [2.24, 2.45) is 0 Å². The summed E-state index contributed by atoms with van der Waals surface area (Å²) in [5, 5.41) is 0.513. The Morgan fingerprint density at radius 3 is 2.48 bits per heavy atom. The van der Waals surface area contributed by atoms with Crippen LogP contribution in [0.1, 0.15) is 41.4 Å². The summed E-state index contributed by atoms with van der Waals surface area (Å²) in [5.74, 6) is 0.0306. The Morgan fingerprint density at radius 1 is 1.22 bits per heavy atom. The monoisotopic (exact) mass is 362 g/mol. The molecule has 0 unspecified atom stereocenters. The van der Waals surface area contributed by atoms with Gasteiger partial charge in [0.1, 0.15) is 5.82 Å². The predicted molar refractivity (Wildman–Crippen MR) is 81.1 cm³/mol. The minimum Gasteiger partial charge on any atom is -0.310 e. The second-order valence-corrected chi connectivity index (χ2v) is 6.29. The van der Waals surface area contributed by atoms with Gasteiger partial charge in [0, 0.05) is 12.3 Å². The molecule has 0 spiro atoms. The molecule has 0 atom stereocenters. The van der Waals surface area contributed by atoms with Gasteiger partial charge in [-0.15, -0.1) is 0 Å². The number of rotatable bonds is 3. The van der Waals surface area contributed by atoms with Crippen molar-refractivity contribution in [3.63, 3.8) is 0 Å². The first-order valence-corrected chi connectivity index (χ1v) is 7.65. The topological polar surface area (TPSA) is 45.8 Å². The van der Waals surface area contributed by atoms with E-state index in [0.29, 0.717) is 10.6 Å². The smallest absolute Gasteiger partial charge is 0.310 e. The third-order valence-corrected chi connectivity index (χ3v) is 4.37. The Hall–Kier alpha value is -1.53. The summed E-state index contributed by atoms with van der Waals surface area (Å²) in [5.41, 5.74) is -1.86. The van der Waals surface area contributed by atoms with Crippen LogP contribution in [0.5, 0.6) is 0 Å². The van der Waals surface area contributed by atoms with Gasteiger partial charge in [0.2, 0.25) is 0 Å². The Bertz CT molecular complexity index is 813. The van der Waals surface area contributed by atoms with E-state index in [2.05, 4.69) is 9.97 Å². The molecule has 1 heterocycles. The van der Waals surface area contributed by atoms with Crippen molar-refractivity contribution in [3.8, 4) is 0 Å². The first-order valence-electron chi connectivity index (χ1n) is 6.90. The van der Waals surface area contributed by atoms with E-state index < -0.39 is 23.0 Å². The molecule has 0 bridgehead atoms. The summed E-state index contributed by atoms with van der Waals surface area (Å²) in [6.45, 7) is 0. The molecule has 1 N–H and O–H groups in total. The molecule has 0 aliphatic heterocycles. The van der Waals surface area contributed by atoms with Gasteiger partial charge < -0.3 is 4.98 Å². The fourth-order valence-corrected chi connectivity index (χ4v) is 2.64. The largest absolute Gasteiger partial charge is 0.433 e. The average Bonchev–Trinajstić information content (AvgIpc) is 3.28. The molecule has 122 valence electrons. The molecule has 1 saturated carbocycles. The number of H-pyrrole nitrogens is 1. The van der Waals surface area contributed by atoms with Crippen molar-refractivity contribution in [2.75, 3.05) is 0 Å². The second kappa shape index (κ2) is 5.83. The van der Waals surface area contributed by atoms with Crippen molar-refractivity contribution in [1.29, 1.82) is 0 Å². The van der Waals surface area contributed by atoms with Gasteiger partial charge in [0.15, 0.2) is 5.69 Å². The van der Waals surface area contributed by atoms with Crippen LogP contribution in [-0.4, -0.2) is 9.97 Å². The molecule has 0 saturated heterocycles. The highest BCUT2D eigenvalue weighted by Crippen LogP contribution is 2.39. The maximum absolute atomic E-state index is 13.3. The molecule has 1 aromatic carbocycles. The molecule has 1 aliphatic carbocycles. The lowest BCUT2D eigenvalue weighted by Gasteiger charge is -2.13. The summed E-state index contributed by atoms with van der Waals surface area (Å²) < 4.78 is 39.8. The number of aromatic amines is 1. The standard InChI is InChI=1S/C15H11Cl2F3N2O/c16-10-4-1-7(6-11(10)17)5-9-12(15(18,19)20)21-13(8-2-3-8)22-14(9)23/h1,4,6,8H,2-3,5H2,(H,21,22,23). The number of aromatic nitrogens is 2. The fourth-order valence-electron chi connectivity index (χ4n) is 2.32. The molecule has 1 fully saturated rings. The zero-order valence-corrected chi connectivity index (χ0v) is 13.2. The maximum atomic E-state index is 13.3. The molecule has 3 nitrogen and oxygen atoms in total. The lowest BCUT2D eigenvalue weighted by atomic mass is 10.0. The van der Waals surface area contributed by atoms with E-state index >= 15 is 0 Å². The van der Waals surface area contributed by atoms with Crippen LogP contribution in [0.4, 0.5) is 13.2 Å². The van der Waals surface area contributed by atoms with Crippen LogP contribution in [0, 0.1) is 0 Å². The summed E-state index contributed by atoms with van der Waals surface area (Å²) in [7, 11) is 0. The highest BCUT2D eigenvalue weighted by atomic mass is 35.5. The van der Waals surface area contributed by atoms with Gasteiger partial charge in [-0.05, 0) is 30.5 Å². The predicted octanol–water partition coefficient (Wildman–Crippen LogP) is 4.56. The van der Waals surface area contributed by atoms with Gasteiger partial charge in [-0.1, -0.05) is 29.3 Å². The van der Waals surface area contributed by atoms with Crippen molar-refractivity contribution in [1.82, 2.24) is 9.97 Å². The van der Waals surface area contributed by atoms with E-state index in [9.17, 15) is 18.0 Å². The zero-order valence-electron chi connectivity index (χ0n) is 11.7. The van der Waals surface area contributed by atoms with Gasteiger partial charge >= 0.3 is 6.18 Å². The Morgan fingerprint density at radius 2 is 1.91 bits per heavy atom. The number of alkyl halides is 3. The van der Waals surface area contributed by atoms with Gasteiger partial charge in [-0.25, -0.2) is 4.98 Å². The molecule has 0 radical (unpaired) electrons. The highest BCUT2D eigenvalue weighted by Gasteiger charge is 2.39. The lowest BCUT2D eigenvalue weighted by molar-refractivity contribution is -0.142. The quantitative estimate of drug-likeness (QED) is 0.869. The van der Waals surface area contributed by atoms with E-state index in [1.165, 1.54) is 18.2 Å². The molecule has 1 aliphatic rings. The molecular weight excluding hydrogens is 352 g/mol. The average molecular weight is 363 g/mol. The first kappa shape index (κ1) is 16.3. The highest BCUT2D eigenvalue weighted by molar-refractivity contribution is 6.42. The van der Waals surface area contributed by atoms with Crippen molar-refractivity contribution >= 4 is 23.2 Å². The number of nitrogens with zero attached hydrogens (tertiary/aromatic N) is 1. The van der Waals surface area contributed by atoms with Crippen molar-refractivity contribution in [2.45, 2.75) is 31.4 Å². The minimum absolute atomic E-state index is 0.0807. The van der Waals surface area contributed by atoms with E-state index in [1.807, 2.05) is 0 Å². The van der Waals surface area contributed by atoms with Gasteiger partial charge in [0.25, 0.3) is 5.56 Å². The number of nitrogens with one attached hydrogen (secondary N) is 1. The second-order valence-electron chi connectivity index (χ2n) is 5.48. The minimum atomic E-state index is -4.69. The van der Waals surface area contributed by atoms with Gasteiger partial charge in [-0.2, -0.15) is 13.2 Å². The molecule has 8 heteroatoms. The van der Waals surface area contributed by atoms with Crippen LogP contribution >= 0.6 is 23.2 Å². The molecule has 0 amide bonds. The maximum Gasteiger partial charge on any atom is 0.433 e. The summed E-state index contributed by atoms with van der Waals surface area (Å²) >= 11 is 11.7. The normalized spacial score (nSPS) is 15.0. The molecule has 1 aromatic heterocycles. The van der Waals surface area contributed by atoms with Crippen molar-refractivity contribution < 1.29 is 13.2 Å². The zero-order chi connectivity index (χ0) is 16.8. The molecule has 2 aromatic rings. The molecule has 3 rings (SSSR count). The van der Waals surface area contributed by atoms with Crippen LogP contribution in [0.15, 0.2) is 23.0 Å². The first-order chi connectivity index (χ1) is 10.8. The molecule has 23 heavy (non-hydrogen) atoms. The van der Waals surface area contributed by atoms with E-state index in [-0.39, 0.29) is 23.2 Å². The van der Waals surface area contributed by atoms with Crippen molar-refractivity contribution in [3.05, 3.63) is 61.2 Å². The SMILES string of the molecule is O=c1[nH]c(C2CC2)nc(C(F)(F)F)c1Cc1ccc(Cl)c(Cl)c1. The van der Waals surface area contributed by atoms with Crippen LogP contribution in [0.2, 0.25) is 10.0 Å². The number of halogens is 5. The van der Waals surface area contributed by atoms with Crippen LogP contribution < -0.4 is 5.56 Å². The number of benzene rings is 1. The Labute approximate surface area is 139 Å². The van der Waals surface area contributed by atoms with Crippen LogP contribution in [0.3, 0.4) is 0 Å². The van der Waals surface area contributed by atoms with Crippen LogP contribution in [0.25, 0.3) is 0 Å². The third kappa shape index (κ3) is 3.53. The number of hydrogen-bond donors (Lipinski definition) is 1. The summed E-state index contributed by atoms with van der Waals surface area (Å²) in [6, 6.07) is 4.45. The number of hydrogen-bond acceptors (Lipinski definition) is 2. The van der Waals surface area contributed by atoms with Gasteiger partial charge in [0.05, 0.1) is 15.6 Å². The van der Waals surface area contributed by atoms with Gasteiger partial charge in [-0.3, -0.25) is 4.79 Å². The fraction of sp³-hybridized carbons (Fsp3) is 0.333. The third-order valence-electron chi connectivity index (χ3n) is 3.63. The summed E-state index contributed by atoms with van der Waals surface area (Å²) in [4.78, 5) is 18.3. The lowest BCUT2D eigenvalue weighted by Crippen LogP contribution is -2.25. The van der Waals surface area contributed by atoms with E-state index in [1.54, 1.807) is 0 Å². The molecular formula is C15H11Cl2F3N2O. The Kier molecular flexibility index (Phi) is 4.14. The van der Waals surface area contributed by atoms with Crippen LogP contribution in [-0.2, 0) is 12.6 Å².